The highest BCUT2D eigenvalue weighted by molar-refractivity contribution is 6.75. The Bertz CT molecular complexity index is 1220. The van der Waals surface area contributed by atoms with Gasteiger partial charge in [0.2, 0.25) is 5.91 Å². The van der Waals surface area contributed by atoms with Gasteiger partial charge >= 0.3 is 5.97 Å². The maximum Gasteiger partial charge on any atom is 0.342 e. The Kier molecular flexibility index (Phi) is 12.0. The van der Waals surface area contributed by atoms with Crippen molar-refractivity contribution < 1.29 is 23.2 Å². The highest BCUT2D eigenvalue weighted by atomic mass is 28.4. The second-order valence-corrected chi connectivity index (χ2v) is 23.9. The van der Waals surface area contributed by atoms with Crippen molar-refractivity contribution in [1.82, 2.24) is 0 Å². The predicted octanol–water partition coefficient (Wildman–Crippen LogP) is 9.30. The summed E-state index contributed by atoms with van der Waals surface area (Å²) in [5.41, 5.74) is 9.89. The Hall–Kier alpha value is -2.66. The molecule has 3 atom stereocenters. The molecule has 0 N–H and O–H groups in total. The molecule has 1 heterocycles. The van der Waals surface area contributed by atoms with Crippen molar-refractivity contribution in [3.8, 4) is 5.75 Å². The van der Waals surface area contributed by atoms with Crippen molar-refractivity contribution in [2.75, 3.05) is 0 Å². The molecule has 0 spiro atoms. The van der Waals surface area contributed by atoms with Gasteiger partial charge < -0.3 is 13.6 Å². The van der Waals surface area contributed by atoms with Crippen LogP contribution in [0.3, 0.4) is 0 Å². The van der Waals surface area contributed by atoms with Crippen LogP contribution in [0.4, 0.5) is 0 Å². The normalized spacial score (nSPS) is 21.0. The van der Waals surface area contributed by atoms with E-state index in [0.29, 0.717) is 24.2 Å². The fourth-order valence-electron chi connectivity index (χ4n) is 4.18. The molecule has 8 nitrogen and oxygen atoms in total. The number of fused-ring (bicyclic) bond motifs is 1. The predicted molar refractivity (Wildman–Crippen MR) is 175 cm³/mol. The summed E-state index contributed by atoms with van der Waals surface area (Å²) in [7, 11) is -4.41. The molecule has 42 heavy (non-hydrogen) atoms. The van der Waals surface area contributed by atoms with Crippen molar-refractivity contribution in [1.29, 1.82) is 0 Å². The number of hydrogen-bond acceptors (Lipinski definition) is 5. The average molecular weight is 614 g/mol. The lowest BCUT2D eigenvalue weighted by atomic mass is 9.93. The number of allylic oxidation sites excluding steroid dienone is 2. The Labute approximate surface area is 254 Å². The molecule has 0 bridgehead atoms. The number of carbonyl (C=O) groups is 2. The van der Waals surface area contributed by atoms with E-state index in [0.717, 1.165) is 12.0 Å². The fourth-order valence-corrected chi connectivity index (χ4v) is 6.64. The van der Waals surface area contributed by atoms with Gasteiger partial charge in [0.25, 0.3) is 8.32 Å². The van der Waals surface area contributed by atoms with Gasteiger partial charge in [0.05, 0.1) is 6.10 Å². The summed E-state index contributed by atoms with van der Waals surface area (Å²) in [6.07, 6.45) is 8.53. The molecule has 0 aromatic heterocycles. The molecule has 1 aliphatic rings. The van der Waals surface area contributed by atoms with Crippen molar-refractivity contribution in [3.05, 3.63) is 64.1 Å². The number of amides is 1. The average Bonchev–Trinajstić information content (AvgIpc) is 2.83. The number of nitrogens with zero attached hydrogens (tertiary/aromatic N) is 3. The molecule has 0 aliphatic carbocycles. The van der Waals surface area contributed by atoms with Gasteiger partial charge in [-0.1, -0.05) is 78.8 Å². The topological polar surface area (TPSA) is 111 Å². The lowest BCUT2D eigenvalue weighted by Crippen LogP contribution is -2.46. The van der Waals surface area contributed by atoms with Gasteiger partial charge in [0.1, 0.15) is 17.4 Å². The summed E-state index contributed by atoms with van der Waals surface area (Å²) in [5, 5.41) is 3.07. The van der Waals surface area contributed by atoms with Crippen LogP contribution in [0.25, 0.3) is 10.4 Å². The molecule has 0 fully saturated rings. The molecule has 1 unspecified atom stereocenters. The minimum atomic E-state index is -2.26. The number of benzene rings is 1. The molecule has 0 saturated heterocycles. The van der Waals surface area contributed by atoms with E-state index >= 15 is 0 Å². The van der Waals surface area contributed by atoms with E-state index in [1.54, 1.807) is 6.08 Å². The molecule has 232 valence electrons. The standard InChI is InChI=1S/C32H51N3O5Si2/c1-23-16-12-13-17-24-18-14-20-26(39-41(8,9)31(2,3)4)29(24)30(37)38-25(19-15-21-28(36)34-35-33)22-27(23)40-42(10,11)32(5,6)7/h12-15,18,20-21,23,25,27H,16-17,19,22H2,1-11H3/t23-,25?,27+/m0/s1. The number of hydrogen-bond donors (Lipinski definition) is 0. The first-order valence-electron chi connectivity index (χ1n) is 14.9. The lowest BCUT2D eigenvalue weighted by Gasteiger charge is -2.41. The Morgan fingerprint density at radius 2 is 1.74 bits per heavy atom. The van der Waals surface area contributed by atoms with Crippen molar-refractivity contribution in [2.45, 2.75) is 123 Å². The smallest absolute Gasteiger partial charge is 0.342 e. The molecule has 0 saturated carbocycles. The quantitative estimate of drug-likeness (QED) is 0.0579. The second-order valence-electron chi connectivity index (χ2n) is 14.4. The van der Waals surface area contributed by atoms with Crippen LogP contribution in [0.2, 0.25) is 36.3 Å². The zero-order chi connectivity index (χ0) is 31.9. The highest BCUT2D eigenvalue weighted by Gasteiger charge is 2.42. The van der Waals surface area contributed by atoms with Crippen LogP contribution in [0, 0.1) is 5.92 Å². The first kappa shape index (κ1) is 35.5. The maximum atomic E-state index is 14.0. The van der Waals surface area contributed by atoms with Gasteiger partial charge in [0, 0.05) is 17.8 Å². The number of rotatable bonds is 7. The summed E-state index contributed by atoms with van der Waals surface area (Å²) in [6, 6.07) is 5.74. The third kappa shape index (κ3) is 9.69. The van der Waals surface area contributed by atoms with Crippen LogP contribution in [-0.4, -0.2) is 40.7 Å². The van der Waals surface area contributed by atoms with E-state index in [2.05, 4.69) is 96.8 Å². The van der Waals surface area contributed by atoms with Gasteiger partial charge in [-0.25, -0.2) is 4.79 Å². The molecule has 1 aromatic rings. The van der Waals surface area contributed by atoms with Gasteiger partial charge in [-0.05, 0) is 83.4 Å². The molecule has 0 radical (unpaired) electrons. The molecule has 2 rings (SSSR count). The minimum absolute atomic E-state index is 0.00890. The van der Waals surface area contributed by atoms with Crippen LogP contribution >= 0.6 is 0 Å². The van der Waals surface area contributed by atoms with Crippen molar-refractivity contribution in [2.24, 2.45) is 11.0 Å². The lowest BCUT2D eigenvalue weighted by molar-refractivity contribution is -0.113. The number of cyclic esters (lactones) is 1. The summed E-state index contributed by atoms with van der Waals surface area (Å²) >= 11 is 0. The highest BCUT2D eigenvalue weighted by Crippen LogP contribution is 2.41. The number of ether oxygens (including phenoxy) is 1. The van der Waals surface area contributed by atoms with Crippen LogP contribution in [0.5, 0.6) is 5.75 Å². The first-order valence-corrected chi connectivity index (χ1v) is 20.7. The number of azide groups is 1. The minimum Gasteiger partial charge on any atom is -0.543 e. The molecule has 1 aliphatic heterocycles. The SMILES string of the molecule is C[C@H]1CC=CCc2cccc(O[Si](C)(C)C(C)(C)C)c2C(=O)OC(CC=CC(=O)N=[N+]=[N-])C[C@H]1O[Si](C)(C)C(C)(C)C. The number of carbonyl (C=O) groups excluding carboxylic acids is 2. The second kappa shape index (κ2) is 14.2. The zero-order valence-corrected chi connectivity index (χ0v) is 29.5. The van der Waals surface area contributed by atoms with Crippen molar-refractivity contribution in [3.63, 3.8) is 0 Å². The van der Waals surface area contributed by atoms with E-state index in [1.807, 2.05) is 18.2 Å². The van der Waals surface area contributed by atoms with Crippen LogP contribution in [-0.2, 0) is 20.4 Å². The van der Waals surface area contributed by atoms with Gasteiger partial charge in [-0.3, -0.25) is 4.79 Å². The Morgan fingerprint density at radius 1 is 1.10 bits per heavy atom. The molecule has 10 heteroatoms. The molecular weight excluding hydrogens is 563 g/mol. The van der Waals surface area contributed by atoms with E-state index in [-0.39, 0.29) is 28.5 Å². The van der Waals surface area contributed by atoms with E-state index in [9.17, 15) is 9.59 Å². The van der Waals surface area contributed by atoms with Gasteiger partial charge in [0.15, 0.2) is 8.32 Å². The molecule has 1 aromatic carbocycles. The van der Waals surface area contributed by atoms with Crippen LogP contribution in [0.15, 0.2) is 47.6 Å². The van der Waals surface area contributed by atoms with E-state index in [1.165, 1.54) is 6.08 Å². The Morgan fingerprint density at radius 3 is 2.33 bits per heavy atom. The zero-order valence-electron chi connectivity index (χ0n) is 27.5. The largest absolute Gasteiger partial charge is 0.543 e. The summed E-state index contributed by atoms with van der Waals surface area (Å²) in [5.74, 6) is -0.422. The number of esters is 1. The van der Waals surface area contributed by atoms with Crippen LogP contribution < -0.4 is 4.43 Å². The summed E-state index contributed by atoms with van der Waals surface area (Å²) in [4.78, 5) is 28.4. The summed E-state index contributed by atoms with van der Waals surface area (Å²) < 4.78 is 19.8. The molecular formula is C32H51N3O5Si2. The maximum absolute atomic E-state index is 14.0. The van der Waals surface area contributed by atoms with Crippen molar-refractivity contribution >= 4 is 28.5 Å². The van der Waals surface area contributed by atoms with Crippen LogP contribution in [0.1, 0.15) is 83.7 Å². The molecule has 1 amide bonds. The van der Waals surface area contributed by atoms with E-state index in [4.69, 9.17) is 19.1 Å². The Balaban J connectivity index is 2.58. The fraction of sp³-hybridized carbons (Fsp3) is 0.625. The van der Waals surface area contributed by atoms with Gasteiger partial charge in [-0.2, -0.15) is 0 Å². The van der Waals surface area contributed by atoms with E-state index < -0.39 is 34.6 Å². The first-order chi connectivity index (χ1) is 19.3. The summed E-state index contributed by atoms with van der Waals surface area (Å²) in [6.45, 7) is 24.1. The van der Waals surface area contributed by atoms with Gasteiger partial charge in [-0.15, -0.1) is 0 Å². The monoisotopic (exact) mass is 613 g/mol. The third-order valence-corrected chi connectivity index (χ3v) is 17.8. The third-order valence-electron chi connectivity index (χ3n) is 8.96.